The van der Waals surface area contributed by atoms with Gasteiger partial charge in [-0.05, 0) is 52.4 Å². The Labute approximate surface area is 110 Å². The summed E-state index contributed by atoms with van der Waals surface area (Å²) in [6.07, 6.45) is 1.24. The number of hydrogen-bond donors (Lipinski definition) is 1. The van der Waals surface area contributed by atoms with Crippen LogP contribution >= 0.6 is 15.9 Å². The summed E-state index contributed by atoms with van der Waals surface area (Å²) in [5.41, 5.74) is 7.03. The SMILES string of the molecule is CC1CC1CN(C)C(=O)c1ccc(Br)c(N)c1. The van der Waals surface area contributed by atoms with Crippen molar-refractivity contribution in [3.05, 3.63) is 28.2 Å². The summed E-state index contributed by atoms with van der Waals surface area (Å²) >= 11 is 3.32. The zero-order valence-electron chi connectivity index (χ0n) is 10.1. The molecule has 0 aromatic heterocycles. The Morgan fingerprint density at radius 2 is 2.24 bits per heavy atom. The maximum absolute atomic E-state index is 12.1. The van der Waals surface area contributed by atoms with Crippen molar-refractivity contribution in [3.63, 3.8) is 0 Å². The number of nitrogens with two attached hydrogens (primary N) is 1. The third-order valence-corrected chi connectivity index (χ3v) is 4.10. The van der Waals surface area contributed by atoms with Gasteiger partial charge in [0.25, 0.3) is 5.91 Å². The first-order valence-corrected chi connectivity index (χ1v) is 6.59. The number of nitrogen functional groups attached to an aromatic ring is 1. The van der Waals surface area contributed by atoms with Crippen LogP contribution in [0.2, 0.25) is 0 Å². The molecule has 0 heterocycles. The van der Waals surface area contributed by atoms with Crippen LogP contribution in [0.1, 0.15) is 23.7 Å². The van der Waals surface area contributed by atoms with Crippen LogP contribution in [0.15, 0.2) is 22.7 Å². The molecule has 1 aliphatic carbocycles. The Morgan fingerprint density at radius 3 is 2.76 bits per heavy atom. The van der Waals surface area contributed by atoms with Gasteiger partial charge in [0.05, 0.1) is 0 Å². The van der Waals surface area contributed by atoms with E-state index in [1.54, 1.807) is 17.0 Å². The van der Waals surface area contributed by atoms with Crippen LogP contribution in [0.4, 0.5) is 5.69 Å². The maximum Gasteiger partial charge on any atom is 0.253 e. The lowest BCUT2D eigenvalue weighted by atomic mass is 10.1. The molecule has 92 valence electrons. The number of halogens is 1. The Bertz CT molecular complexity index is 447. The molecule has 4 heteroatoms. The Balaban J connectivity index is 2.05. The number of benzene rings is 1. The van der Waals surface area contributed by atoms with E-state index < -0.39 is 0 Å². The number of carbonyl (C=O) groups excluding carboxylic acids is 1. The Hall–Kier alpha value is -1.03. The van der Waals surface area contributed by atoms with Gasteiger partial charge in [0.1, 0.15) is 0 Å². The van der Waals surface area contributed by atoms with Gasteiger partial charge in [-0.15, -0.1) is 0 Å². The van der Waals surface area contributed by atoms with E-state index in [0.29, 0.717) is 17.2 Å². The van der Waals surface area contributed by atoms with E-state index in [9.17, 15) is 4.79 Å². The van der Waals surface area contributed by atoms with Crippen molar-refractivity contribution in [3.8, 4) is 0 Å². The standard InChI is InChI=1S/C13H17BrN2O/c1-8-5-10(8)7-16(2)13(17)9-3-4-11(14)12(15)6-9/h3-4,6,8,10H,5,7,15H2,1-2H3. The third-order valence-electron chi connectivity index (χ3n) is 3.37. The van der Waals surface area contributed by atoms with Gasteiger partial charge in [-0.25, -0.2) is 0 Å². The Kier molecular flexibility index (Phi) is 3.43. The van der Waals surface area contributed by atoms with Crippen molar-refractivity contribution in [1.29, 1.82) is 0 Å². The lowest BCUT2D eigenvalue weighted by molar-refractivity contribution is 0.0787. The zero-order chi connectivity index (χ0) is 12.6. The second kappa shape index (κ2) is 4.69. The predicted octanol–water partition coefficient (Wildman–Crippen LogP) is 2.76. The normalized spacial score (nSPS) is 22.3. The van der Waals surface area contributed by atoms with Gasteiger partial charge in [-0.1, -0.05) is 6.92 Å². The zero-order valence-corrected chi connectivity index (χ0v) is 11.7. The van der Waals surface area contributed by atoms with E-state index in [0.717, 1.165) is 16.9 Å². The van der Waals surface area contributed by atoms with Gasteiger partial charge >= 0.3 is 0 Å². The molecule has 1 amide bonds. The van der Waals surface area contributed by atoms with Crippen LogP contribution < -0.4 is 5.73 Å². The molecule has 1 aromatic carbocycles. The van der Waals surface area contributed by atoms with Crippen molar-refractivity contribution in [2.24, 2.45) is 11.8 Å². The quantitative estimate of drug-likeness (QED) is 0.872. The van der Waals surface area contributed by atoms with Crippen LogP contribution in [0, 0.1) is 11.8 Å². The largest absolute Gasteiger partial charge is 0.398 e. The molecule has 3 nitrogen and oxygen atoms in total. The smallest absolute Gasteiger partial charge is 0.253 e. The minimum absolute atomic E-state index is 0.0447. The van der Waals surface area contributed by atoms with Gasteiger partial charge in [0.2, 0.25) is 0 Å². The second-order valence-corrected chi connectivity index (χ2v) is 5.75. The average molecular weight is 297 g/mol. The number of carbonyl (C=O) groups is 1. The molecule has 1 fully saturated rings. The number of rotatable bonds is 3. The maximum atomic E-state index is 12.1. The highest BCUT2D eigenvalue weighted by atomic mass is 79.9. The molecule has 1 saturated carbocycles. The monoisotopic (exact) mass is 296 g/mol. The fraction of sp³-hybridized carbons (Fsp3) is 0.462. The topological polar surface area (TPSA) is 46.3 Å². The van der Waals surface area contributed by atoms with E-state index in [-0.39, 0.29) is 5.91 Å². The van der Waals surface area contributed by atoms with Crippen molar-refractivity contribution in [1.82, 2.24) is 4.90 Å². The first kappa shape index (κ1) is 12.4. The molecule has 1 aromatic rings. The van der Waals surface area contributed by atoms with Gasteiger partial charge in [-0.2, -0.15) is 0 Å². The van der Waals surface area contributed by atoms with Gasteiger partial charge in [-0.3, -0.25) is 4.79 Å². The van der Waals surface area contributed by atoms with E-state index in [2.05, 4.69) is 22.9 Å². The van der Waals surface area contributed by atoms with E-state index >= 15 is 0 Å². The third kappa shape index (κ3) is 2.80. The summed E-state index contributed by atoms with van der Waals surface area (Å²) in [4.78, 5) is 13.9. The average Bonchev–Trinajstić information content (AvgIpc) is 2.97. The molecular formula is C13H17BrN2O. The molecule has 2 N–H and O–H groups in total. The molecule has 17 heavy (non-hydrogen) atoms. The van der Waals surface area contributed by atoms with Crippen molar-refractivity contribution >= 4 is 27.5 Å². The van der Waals surface area contributed by atoms with Crippen LogP contribution in [0.5, 0.6) is 0 Å². The first-order valence-electron chi connectivity index (χ1n) is 5.79. The van der Waals surface area contributed by atoms with Gasteiger partial charge in [0, 0.05) is 29.3 Å². The van der Waals surface area contributed by atoms with Gasteiger partial charge < -0.3 is 10.6 Å². The summed E-state index contributed by atoms with van der Waals surface area (Å²) in [6, 6.07) is 5.34. The van der Waals surface area contributed by atoms with E-state index in [1.807, 2.05) is 13.1 Å². The Morgan fingerprint density at radius 1 is 1.59 bits per heavy atom. The van der Waals surface area contributed by atoms with Crippen LogP contribution in [0.25, 0.3) is 0 Å². The molecule has 1 aliphatic rings. The number of hydrogen-bond acceptors (Lipinski definition) is 2. The van der Waals surface area contributed by atoms with Crippen LogP contribution in [-0.2, 0) is 0 Å². The summed E-state index contributed by atoms with van der Waals surface area (Å²) in [5.74, 6) is 1.49. The van der Waals surface area contributed by atoms with Crippen molar-refractivity contribution in [2.75, 3.05) is 19.3 Å². The molecule has 2 rings (SSSR count). The van der Waals surface area contributed by atoms with Crippen molar-refractivity contribution < 1.29 is 4.79 Å². The molecule has 0 radical (unpaired) electrons. The summed E-state index contributed by atoms with van der Waals surface area (Å²) < 4.78 is 0.826. The highest BCUT2D eigenvalue weighted by Crippen LogP contribution is 2.38. The molecule has 2 atom stereocenters. The molecule has 2 unspecified atom stereocenters. The molecule has 0 aliphatic heterocycles. The number of amides is 1. The summed E-state index contributed by atoms with van der Waals surface area (Å²) in [7, 11) is 1.85. The van der Waals surface area contributed by atoms with Gasteiger partial charge in [0.15, 0.2) is 0 Å². The van der Waals surface area contributed by atoms with Crippen LogP contribution in [-0.4, -0.2) is 24.4 Å². The lowest BCUT2D eigenvalue weighted by Gasteiger charge is -2.17. The fourth-order valence-corrected chi connectivity index (χ4v) is 2.23. The van der Waals surface area contributed by atoms with E-state index in [4.69, 9.17) is 5.73 Å². The predicted molar refractivity (Wildman–Crippen MR) is 72.8 cm³/mol. The molecule has 0 spiro atoms. The molecular weight excluding hydrogens is 280 g/mol. The minimum atomic E-state index is 0.0447. The summed E-state index contributed by atoms with van der Waals surface area (Å²) in [5, 5.41) is 0. The molecule has 0 bridgehead atoms. The lowest BCUT2D eigenvalue weighted by Crippen LogP contribution is -2.29. The van der Waals surface area contributed by atoms with Crippen LogP contribution in [0.3, 0.4) is 0 Å². The summed E-state index contributed by atoms with van der Waals surface area (Å²) in [6.45, 7) is 3.07. The van der Waals surface area contributed by atoms with E-state index in [1.165, 1.54) is 6.42 Å². The second-order valence-electron chi connectivity index (χ2n) is 4.90. The minimum Gasteiger partial charge on any atom is -0.398 e. The molecule has 0 saturated heterocycles. The fourth-order valence-electron chi connectivity index (χ4n) is 1.99. The highest BCUT2D eigenvalue weighted by Gasteiger charge is 2.34. The van der Waals surface area contributed by atoms with Crippen molar-refractivity contribution in [2.45, 2.75) is 13.3 Å². The number of anilines is 1. The first-order chi connectivity index (χ1) is 7.99. The highest BCUT2D eigenvalue weighted by molar-refractivity contribution is 9.10. The number of nitrogens with zero attached hydrogens (tertiary/aromatic N) is 1.